The summed E-state index contributed by atoms with van der Waals surface area (Å²) in [6.07, 6.45) is 98.6. The Hall–Kier alpha value is -5.84. The van der Waals surface area contributed by atoms with Gasteiger partial charge in [0.25, 0.3) is 0 Å². The van der Waals surface area contributed by atoms with E-state index in [1.807, 2.05) is 12.2 Å². The molecule has 0 aromatic rings. The fourth-order valence-corrected chi connectivity index (χ4v) is 12.1. The molecule has 0 aromatic heterocycles. The van der Waals surface area contributed by atoms with Crippen LogP contribution >= 0.6 is 15.6 Å². The van der Waals surface area contributed by atoms with E-state index in [0.717, 1.165) is 205 Å². The number of unbranched alkanes of at least 4 members (excludes halogenated alkanes) is 21. The fraction of sp³-hybridized carbons (Fsp3) is 0.626. The number of phosphoric ester groups is 2. The topological polar surface area (TPSA) is 237 Å². The Kier molecular flexibility index (Phi) is 76.9. The lowest BCUT2D eigenvalue weighted by Gasteiger charge is -2.21. The molecule has 0 heterocycles. The summed E-state index contributed by atoms with van der Waals surface area (Å²) in [4.78, 5) is 73.2. The molecule has 0 amide bonds. The minimum Gasteiger partial charge on any atom is -0.462 e. The number of aliphatic hydroxyl groups is 1. The molecule has 0 radical (unpaired) electrons. The number of carbonyl (C=O) groups is 4. The highest BCUT2D eigenvalue weighted by Crippen LogP contribution is 2.45. The monoisotopic (exact) mass is 1580 g/mol. The first kappa shape index (κ1) is 104. The average molecular weight is 1580 g/mol. The molecule has 3 N–H and O–H groups in total. The van der Waals surface area contributed by atoms with Crippen molar-refractivity contribution in [1.29, 1.82) is 0 Å². The molecule has 0 aliphatic heterocycles. The molecule has 110 heavy (non-hydrogen) atoms. The smallest absolute Gasteiger partial charge is 0.462 e. The van der Waals surface area contributed by atoms with Crippen LogP contribution in [0.3, 0.4) is 0 Å². The third-order valence-electron chi connectivity index (χ3n) is 16.8. The SMILES string of the molecule is CC/C=C\C/C=C\C/C=C\C/C=C\C/C=C\CCCC(=O)OC(COC(=O)CCCCCCCC/C=C\C/C=C\C/C=C\CCCCC)COP(=O)(O)OCC(O)COP(=O)(O)OCC(COC(=O)CCCCCCCC/C=C\C/C=C\C/C=C\C/C=C\CC)OC(=O)CCCCCCC/C=C\C/C=C\C/C=C\CC. The van der Waals surface area contributed by atoms with Crippen molar-refractivity contribution in [3.63, 3.8) is 0 Å². The number of hydrogen-bond donors (Lipinski definition) is 3. The van der Waals surface area contributed by atoms with Crippen LogP contribution in [-0.4, -0.2) is 96.7 Å². The molecule has 5 atom stereocenters. The summed E-state index contributed by atoms with van der Waals surface area (Å²) < 4.78 is 68.7. The Morgan fingerprint density at radius 2 is 0.482 bits per heavy atom. The molecule has 19 heteroatoms. The molecule has 0 saturated carbocycles. The van der Waals surface area contributed by atoms with Crippen LogP contribution in [0.1, 0.15) is 310 Å². The Morgan fingerprint density at radius 3 is 0.764 bits per heavy atom. The van der Waals surface area contributed by atoms with Crippen LogP contribution < -0.4 is 0 Å². The summed E-state index contributed by atoms with van der Waals surface area (Å²) in [7, 11) is -10.0. The first-order valence-corrected chi connectivity index (χ1v) is 45.0. The molecular formula is C91H148O17P2. The van der Waals surface area contributed by atoms with Crippen molar-refractivity contribution in [2.24, 2.45) is 0 Å². The lowest BCUT2D eigenvalue weighted by Crippen LogP contribution is -2.30. The molecule has 0 rings (SSSR count). The van der Waals surface area contributed by atoms with E-state index in [1.54, 1.807) is 0 Å². The fourth-order valence-electron chi connectivity index (χ4n) is 10.6. The highest BCUT2D eigenvalue weighted by atomic mass is 31.2. The van der Waals surface area contributed by atoms with Crippen LogP contribution in [0.5, 0.6) is 0 Å². The zero-order valence-electron chi connectivity index (χ0n) is 68.4. The first-order chi connectivity index (χ1) is 53.7. The van der Waals surface area contributed by atoms with Gasteiger partial charge in [0.1, 0.15) is 19.3 Å². The van der Waals surface area contributed by atoms with E-state index in [0.29, 0.717) is 32.1 Å². The van der Waals surface area contributed by atoms with Crippen molar-refractivity contribution >= 4 is 39.5 Å². The maximum atomic E-state index is 13.1. The lowest BCUT2D eigenvalue weighted by atomic mass is 10.1. The van der Waals surface area contributed by atoms with Crippen LogP contribution in [0.25, 0.3) is 0 Å². The van der Waals surface area contributed by atoms with Gasteiger partial charge in [-0.1, -0.05) is 293 Å². The average Bonchev–Trinajstić information content (AvgIpc) is 0.906. The Balaban J connectivity index is 5.47. The number of carbonyl (C=O) groups excluding carboxylic acids is 4. The summed E-state index contributed by atoms with van der Waals surface area (Å²) in [5.41, 5.74) is 0. The Bertz CT molecular complexity index is 2800. The predicted molar refractivity (Wildman–Crippen MR) is 454 cm³/mol. The predicted octanol–water partition coefficient (Wildman–Crippen LogP) is 25.1. The molecule has 0 aromatic carbocycles. The van der Waals surface area contributed by atoms with Crippen molar-refractivity contribution in [2.75, 3.05) is 39.6 Å². The zero-order valence-corrected chi connectivity index (χ0v) is 70.1. The molecule has 0 spiro atoms. The van der Waals surface area contributed by atoms with Gasteiger partial charge in [-0.3, -0.25) is 37.3 Å². The van der Waals surface area contributed by atoms with Crippen molar-refractivity contribution in [1.82, 2.24) is 0 Å². The van der Waals surface area contributed by atoms with Gasteiger partial charge in [0.15, 0.2) is 12.2 Å². The summed E-state index contributed by atoms with van der Waals surface area (Å²) in [6, 6.07) is 0. The largest absolute Gasteiger partial charge is 0.472 e. The van der Waals surface area contributed by atoms with Crippen molar-refractivity contribution in [2.45, 2.75) is 329 Å². The summed E-state index contributed by atoms with van der Waals surface area (Å²) in [6.45, 7) is 4.39. The first-order valence-electron chi connectivity index (χ1n) is 42.0. The summed E-state index contributed by atoms with van der Waals surface area (Å²) in [5, 5.41) is 10.7. The maximum absolute atomic E-state index is 13.1. The van der Waals surface area contributed by atoms with Gasteiger partial charge >= 0.3 is 39.5 Å². The van der Waals surface area contributed by atoms with E-state index in [-0.39, 0.29) is 25.7 Å². The van der Waals surface area contributed by atoms with Gasteiger partial charge < -0.3 is 33.8 Å². The highest BCUT2D eigenvalue weighted by Gasteiger charge is 2.30. The van der Waals surface area contributed by atoms with E-state index < -0.39 is 97.5 Å². The van der Waals surface area contributed by atoms with Gasteiger partial charge in [-0.05, 0) is 173 Å². The number of aliphatic hydroxyl groups excluding tert-OH is 1. The van der Waals surface area contributed by atoms with Gasteiger partial charge in [-0.15, -0.1) is 0 Å². The number of phosphoric acid groups is 2. The zero-order chi connectivity index (χ0) is 80.3. The van der Waals surface area contributed by atoms with Gasteiger partial charge in [0.2, 0.25) is 0 Å². The number of allylic oxidation sites excluding steroid dienone is 30. The quantitative estimate of drug-likeness (QED) is 0.0169. The van der Waals surface area contributed by atoms with Crippen LogP contribution in [0.2, 0.25) is 0 Å². The molecule has 5 unspecified atom stereocenters. The number of rotatable bonds is 77. The second-order valence-electron chi connectivity index (χ2n) is 27.3. The molecule has 0 aliphatic carbocycles. The van der Waals surface area contributed by atoms with Crippen molar-refractivity contribution in [3.8, 4) is 0 Å². The molecular weight excluding hydrogens is 1430 g/mol. The van der Waals surface area contributed by atoms with Gasteiger partial charge in [-0.25, -0.2) is 9.13 Å². The second-order valence-corrected chi connectivity index (χ2v) is 30.2. The van der Waals surface area contributed by atoms with Crippen LogP contribution in [0.4, 0.5) is 0 Å². The van der Waals surface area contributed by atoms with E-state index >= 15 is 0 Å². The maximum Gasteiger partial charge on any atom is 0.472 e. The van der Waals surface area contributed by atoms with Crippen LogP contribution in [0.15, 0.2) is 182 Å². The Labute approximate surface area is 666 Å². The molecule has 0 fully saturated rings. The molecule has 0 saturated heterocycles. The van der Waals surface area contributed by atoms with Crippen LogP contribution in [0, 0.1) is 0 Å². The van der Waals surface area contributed by atoms with E-state index in [2.05, 4.69) is 198 Å². The summed E-state index contributed by atoms with van der Waals surface area (Å²) >= 11 is 0. The molecule has 624 valence electrons. The normalized spacial score (nSPS) is 14.7. The lowest BCUT2D eigenvalue weighted by molar-refractivity contribution is -0.161. The third-order valence-corrected chi connectivity index (χ3v) is 18.7. The summed E-state index contributed by atoms with van der Waals surface area (Å²) in [5.74, 6) is -2.30. The van der Waals surface area contributed by atoms with Gasteiger partial charge in [-0.2, -0.15) is 0 Å². The van der Waals surface area contributed by atoms with Gasteiger partial charge in [0.05, 0.1) is 26.4 Å². The molecule has 0 bridgehead atoms. The number of esters is 4. The van der Waals surface area contributed by atoms with Crippen molar-refractivity contribution in [3.05, 3.63) is 182 Å². The van der Waals surface area contributed by atoms with E-state index in [1.165, 1.54) is 19.3 Å². The minimum absolute atomic E-state index is 0.00676. The third kappa shape index (κ3) is 80.2. The molecule has 0 aliphatic rings. The number of ether oxygens (including phenoxy) is 4. The number of hydrogen-bond acceptors (Lipinski definition) is 15. The molecule has 17 nitrogen and oxygen atoms in total. The van der Waals surface area contributed by atoms with Gasteiger partial charge in [0, 0.05) is 25.7 Å². The van der Waals surface area contributed by atoms with Crippen molar-refractivity contribution < 1.29 is 80.2 Å². The van der Waals surface area contributed by atoms with Crippen LogP contribution in [-0.2, 0) is 65.4 Å². The van der Waals surface area contributed by atoms with E-state index in [9.17, 15) is 43.2 Å². The minimum atomic E-state index is -5.01. The standard InChI is InChI=1S/C91H148O17P2/c1-5-9-13-17-21-25-29-33-37-40-42-45-48-51-55-59-63-67-71-75-88(93)101-81-86(107-90(95)77-73-69-65-61-57-53-47-36-32-28-24-20-16-12-8-4)83-105-109(97,98)103-79-85(92)80-104-110(99,100)106-84-87(108-91(96)78-74-70-66-62-58-54-50-44-39-35-31-27-23-19-15-11-7-3)82-102-89(94)76-72-68-64-60-56-52-49-46-43-41-38-34-30-26-22-18-14-10-6-2/h9,11-13,15-16,21-28,33-39,42-43,45-47,50,54,62,66,85-87,92H,5-8,10,14,17-20,29-32,40-41,44,48-49,51-53,55-61,63-65,67-84H2,1-4H3,(H,97,98)(H,99,100)/b13-9-,15-11-,16-12-,25-21-,26-22-,27-23-,28-24-,37-33-,38-34-,39-35-,45-42-,46-43-,47-36-,54-50-,66-62-. The Morgan fingerprint density at radius 1 is 0.264 bits per heavy atom. The van der Waals surface area contributed by atoms with E-state index in [4.69, 9.17) is 37.0 Å². The second kappa shape index (κ2) is 81.2. The highest BCUT2D eigenvalue weighted by molar-refractivity contribution is 7.47.